The molecule has 1 aliphatic heterocycles. The molecule has 2 amide bonds. The number of nitro benzene ring substituents is 1. The average molecular weight is 567 g/mol. The quantitative estimate of drug-likeness (QED) is 0.185. The second kappa shape index (κ2) is 14.5. The number of rotatable bonds is 12. The van der Waals surface area contributed by atoms with E-state index in [-0.39, 0.29) is 36.4 Å². The van der Waals surface area contributed by atoms with Gasteiger partial charge in [0.15, 0.2) is 0 Å². The lowest BCUT2D eigenvalue weighted by molar-refractivity contribution is -0.384. The summed E-state index contributed by atoms with van der Waals surface area (Å²) in [5, 5.41) is 12.9. The summed E-state index contributed by atoms with van der Waals surface area (Å²) in [6, 6.07) is 15.8. The number of halogens is 1. The van der Waals surface area contributed by atoms with Crippen LogP contribution in [0.4, 0.5) is 10.1 Å². The summed E-state index contributed by atoms with van der Waals surface area (Å²) in [6.45, 7) is 4.22. The van der Waals surface area contributed by atoms with Crippen LogP contribution in [0.25, 0.3) is 6.08 Å². The van der Waals surface area contributed by atoms with Crippen LogP contribution in [0.1, 0.15) is 16.0 Å². The predicted octanol–water partition coefficient (Wildman–Crippen LogP) is 4.20. The summed E-state index contributed by atoms with van der Waals surface area (Å²) in [5.41, 5.74) is 1.39. The van der Waals surface area contributed by atoms with Crippen molar-refractivity contribution in [3.05, 3.63) is 104 Å². The Kier molecular flexibility index (Phi) is 10.5. The van der Waals surface area contributed by atoms with Gasteiger partial charge in [-0.3, -0.25) is 24.6 Å². The van der Waals surface area contributed by atoms with Gasteiger partial charge in [0.2, 0.25) is 11.8 Å². The summed E-state index contributed by atoms with van der Waals surface area (Å²) < 4.78 is 18.9. The lowest BCUT2D eigenvalue weighted by Crippen LogP contribution is -2.46. The monoisotopic (exact) mass is 566 g/mol. The maximum absolute atomic E-state index is 13.6. The number of carbonyl (C=O) groups is 2. The minimum atomic E-state index is -0.481. The highest BCUT2D eigenvalue weighted by molar-refractivity contribution is 7.09. The van der Waals surface area contributed by atoms with Gasteiger partial charge in [0.25, 0.3) is 5.69 Å². The van der Waals surface area contributed by atoms with E-state index in [1.54, 1.807) is 35.2 Å². The first-order valence-electron chi connectivity index (χ1n) is 12.9. The van der Waals surface area contributed by atoms with E-state index in [4.69, 9.17) is 4.74 Å². The molecule has 0 aliphatic carbocycles. The summed E-state index contributed by atoms with van der Waals surface area (Å²) in [5.74, 6) is -0.908. The summed E-state index contributed by atoms with van der Waals surface area (Å²) in [6.07, 6.45) is 2.97. The van der Waals surface area contributed by atoms with E-state index in [0.717, 1.165) is 23.5 Å². The first-order valence-corrected chi connectivity index (χ1v) is 13.8. The second-order valence-corrected chi connectivity index (χ2v) is 10.4. The fourth-order valence-electron chi connectivity index (χ4n) is 4.23. The third-order valence-corrected chi connectivity index (χ3v) is 7.38. The minimum absolute atomic E-state index is 0.0341. The number of morpholine rings is 1. The van der Waals surface area contributed by atoms with Crippen molar-refractivity contribution in [1.82, 2.24) is 14.7 Å². The molecule has 1 aromatic heterocycles. The van der Waals surface area contributed by atoms with E-state index in [2.05, 4.69) is 4.90 Å². The third-order valence-electron chi connectivity index (χ3n) is 6.52. The number of carbonyl (C=O) groups excluding carboxylic acids is 2. The van der Waals surface area contributed by atoms with Crippen LogP contribution in [0.2, 0.25) is 0 Å². The zero-order chi connectivity index (χ0) is 28.3. The molecular weight excluding hydrogens is 535 g/mol. The molecule has 2 aromatic carbocycles. The Morgan fingerprint density at radius 3 is 2.40 bits per heavy atom. The average Bonchev–Trinajstić information content (AvgIpc) is 3.48. The summed E-state index contributed by atoms with van der Waals surface area (Å²) in [4.78, 5) is 43.8. The van der Waals surface area contributed by atoms with Crippen LogP contribution < -0.4 is 0 Å². The molecule has 40 heavy (non-hydrogen) atoms. The fraction of sp³-hybridized carbons (Fsp3) is 0.310. The molecule has 210 valence electrons. The van der Waals surface area contributed by atoms with E-state index in [9.17, 15) is 24.1 Å². The van der Waals surface area contributed by atoms with E-state index in [1.807, 2.05) is 17.5 Å². The molecule has 0 unspecified atom stereocenters. The highest BCUT2D eigenvalue weighted by Crippen LogP contribution is 2.17. The van der Waals surface area contributed by atoms with Crippen LogP contribution in [-0.4, -0.2) is 77.4 Å². The summed E-state index contributed by atoms with van der Waals surface area (Å²) >= 11 is 1.54. The zero-order valence-corrected chi connectivity index (χ0v) is 22.8. The van der Waals surface area contributed by atoms with Gasteiger partial charge in [-0.15, -0.1) is 11.3 Å². The molecule has 9 nitrogen and oxygen atoms in total. The number of amides is 2. The number of hydrogen-bond acceptors (Lipinski definition) is 7. The second-order valence-electron chi connectivity index (χ2n) is 9.35. The van der Waals surface area contributed by atoms with Crippen LogP contribution >= 0.6 is 11.3 Å². The highest BCUT2D eigenvalue weighted by Gasteiger charge is 2.22. The maximum atomic E-state index is 13.6. The Bertz CT molecular complexity index is 1290. The Hall–Kier alpha value is -3.93. The van der Waals surface area contributed by atoms with Gasteiger partial charge >= 0.3 is 0 Å². The first kappa shape index (κ1) is 29.1. The molecule has 0 bridgehead atoms. The van der Waals surface area contributed by atoms with Gasteiger partial charge in [-0.05, 0) is 52.9 Å². The molecule has 0 N–H and O–H groups in total. The number of nitro groups is 1. The molecule has 1 aliphatic rings. The van der Waals surface area contributed by atoms with Crippen molar-refractivity contribution >= 4 is 34.9 Å². The van der Waals surface area contributed by atoms with Crippen LogP contribution in [0.15, 0.2) is 72.1 Å². The molecule has 2 heterocycles. The predicted molar refractivity (Wildman–Crippen MR) is 151 cm³/mol. The number of benzene rings is 2. The molecule has 4 rings (SSSR count). The topological polar surface area (TPSA) is 96.2 Å². The van der Waals surface area contributed by atoms with E-state index in [0.29, 0.717) is 38.4 Å². The molecule has 3 aromatic rings. The van der Waals surface area contributed by atoms with Crippen molar-refractivity contribution in [3.63, 3.8) is 0 Å². The molecule has 0 saturated carbocycles. The van der Waals surface area contributed by atoms with E-state index in [1.165, 1.54) is 46.6 Å². The lowest BCUT2D eigenvalue weighted by atomic mass is 10.2. The van der Waals surface area contributed by atoms with Crippen molar-refractivity contribution in [3.8, 4) is 0 Å². The highest BCUT2D eigenvalue weighted by atomic mass is 32.1. The number of hydrogen-bond donors (Lipinski definition) is 0. The Morgan fingerprint density at radius 1 is 1.02 bits per heavy atom. The SMILES string of the molecule is O=C(C=Cc1ccc([N+](=O)[O-])cc1)N(CCN1CCOCC1)CC(=O)N(Cc1ccc(F)cc1)Cc1cccs1. The third kappa shape index (κ3) is 8.80. The van der Waals surface area contributed by atoms with Gasteiger partial charge in [0, 0.05) is 55.8 Å². The zero-order valence-electron chi connectivity index (χ0n) is 22.0. The number of thiophene rings is 1. The maximum Gasteiger partial charge on any atom is 0.269 e. The van der Waals surface area contributed by atoms with Gasteiger partial charge < -0.3 is 14.5 Å². The molecule has 11 heteroatoms. The van der Waals surface area contributed by atoms with Gasteiger partial charge in [0.05, 0.1) is 24.7 Å². The van der Waals surface area contributed by atoms with Gasteiger partial charge in [-0.1, -0.05) is 18.2 Å². The largest absolute Gasteiger partial charge is 0.379 e. The molecule has 0 spiro atoms. The Labute approximate surface area is 236 Å². The van der Waals surface area contributed by atoms with Crippen molar-refractivity contribution < 1.29 is 23.6 Å². The standard InChI is InChI=1S/C29H31FN4O5S/c30-25-8-3-24(4-9-25)20-33(21-27-2-1-19-40-27)29(36)22-32(14-13-31-15-17-39-18-16-31)28(35)12-7-23-5-10-26(11-6-23)34(37)38/h1-12,19H,13-18,20-22H2. The van der Waals surface area contributed by atoms with Crippen LogP contribution in [0, 0.1) is 15.9 Å². The van der Waals surface area contributed by atoms with Crippen molar-refractivity contribution in [2.75, 3.05) is 45.9 Å². The van der Waals surface area contributed by atoms with Crippen molar-refractivity contribution in [2.24, 2.45) is 0 Å². The molecule has 0 radical (unpaired) electrons. The lowest BCUT2D eigenvalue weighted by Gasteiger charge is -2.31. The number of non-ortho nitro benzene ring substituents is 1. The van der Waals surface area contributed by atoms with E-state index >= 15 is 0 Å². The van der Waals surface area contributed by atoms with E-state index < -0.39 is 4.92 Å². The summed E-state index contributed by atoms with van der Waals surface area (Å²) in [7, 11) is 0. The van der Waals surface area contributed by atoms with Crippen LogP contribution in [0.3, 0.4) is 0 Å². The van der Waals surface area contributed by atoms with Crippen molar-refractivity contribution in [1.29, 1.82) is 0 Å². The number of nitrogens with zero attached hydrogens (tertiary/aromatic N) is 4. The Morgan fingerprint density at radius 2 is 1.75 bits per heavy atom. The molecule has 1 saturated heterocycles. The minimum Gasteiger partial charge on any atom is -0.379 e. The first-order chi connectivity index (χ1) is 19.4. The van der Waals surface area contributed by atoms with Gasteiger partial charge in [0.1, 0.15) is 12.4 Å². The normalized spacial score (nSPS) is 13.8. The molecular formula is C29H31FN4O5S. The fourth-order valence-corrected chi connectivity index (χ4v) is 4.95. The van der Waals surface area contributed by atoms with Crippen molar-refractivity contribution in [2.45, 2.75) is 13.1 Å². The van der Waals surface area contributed by atoms with Gasteiger partial charge in [-0.25, -0.2) is 4.39 Å². The van der Waals surface area contributed by atoms with Crippen LogP contribution in [-0.2, 0) is 27.4 Å². The number of ether oxygens (including phenoxy) is 1. The Balaban J connectivity index is 1.49. The smallest absolute Gasteiger partial charge is 0.269 e. The van der Waals surface area contributed by atoms with Crippen LogP contribution in [0.5, 0.6) is 0 Å². The molecule has 0 atom stereocenters. The van der Waals surface area contributed by atoms with Gasteiger partial charge in [-0.2, -0.15) is 0 Å². The molecule has 1 fully saturated rings.